The number of carboxylic acid groups (broad SMARTS) is 1. The van der Waals surface area contributed by atoms with Crippen LogP contribution < -0.4 is 5.32 Å². The SMILES string of the molecule is CC(=O)Nc1ccc2c(c1)CCC(C(O)C(=O)O)C2=O. The van der Waals surface area contributed by atoms with Crippen LogP contribution in [-0.4, -0.2) is 34.0 Å². The van der Waals surface area contributed by atoms with Crippen LogP contribution in [0.1, 0.15) is 29.3 Å². The number of anilines is 1. The van der Waals surface area contributed by atoms with E-state index in [4.69, 9.17) is 5.11 Å². The highest BCUT2D eigenvalue weighted by molar-refractivity contribution is 6.03. The largest absolute Gasteiger partial charge is 0.479 e. The third-order valence-electron chi connectivity index (χ3n) is 3.39. The Balaban J connectivity index is 2.27. The standard InChI is InChI=1S/C14H15NO5/c1-7(16)15-9-3-5-10-8(6-9)2-4-11(12(10)17)13(18)14(19)20/h3,5-6,11,13,18H,2,4H2,1H3,(H,15,16)(H,19,20). The summed E-state index contributed by atoms with van der Waals surface area (Å²) in [5.41, 5.74) is 1.77. The first kappa shape index (κ1) is 14.2. The first-order chi connectivity index (χ1) is 9.40. The molecule has 2 rings (SSSR count). The molecule has 0 heterocycles. The van der Waals surface area contributed by atoms with E-state index in [9.17, 15) is 19.5 Å². The lowest BCUT2D eigenvalue weighted by Crippen LogP contribution is -2.37. The smallest absolute Gasteiger partial charge is 0.333 e. The lowest BCUT2D eigenvalue weighted by Gasteiger charge is -2.25. The van der Waals surface area contributed by atoms with Crippen LogP contribution in [0.5, 0.6) is 0 Å². The van der Waals surface area contributed by atoms with Crippen LogP contribution >= 0.6 is 0 Å². The van der Waals surface area contributed by atoms with Crippen molar-refractivity contribution in [1.82, 2.24) is 0 Å². The number of aliphatic hydroxyl groups excluding tert-OH is 1. The molecule has 1 aliphatic carbocycles. The molecule has 0 saturated carbocycles. The zero-order valence-corrected chi connectivity index (χ0v) is 10.9. The molecule has 0 saturated heterocycles. The van der Waals surface area contributed by atoms with Gasteiger partial charge in [-0.15, -0.1) is 0 Å². The van der Waals surface area contributed by atoms with Crippen LogP contribution in [0, 0.1) is 5.92 Å². The summed E-state index contributed by atoms with van der Waals surface area (Å²) in [6.07, 6.45) is -0.905. The molecular formula is C14H15NO5. The molecule has 3 N–H and O–H groups in total. The maximum absolute atomic E-state index is 12.2. The van der Waals surface area contributed by atoms with Crippen molar-refractivity contribution in [2.75, 3.05) is 5.32 Å². The van der Waals surface area contributed by atoms with Crippen LogP contribution in [0.4, 0.5) is 5.69 Å². The number of fused-ring (bicyclic) bond motifs is 1. The molecule has 6 nitrogen and oxygen atoms in total. The number of carbonyl (C=O) groups excluding carboxylic acids is 2. The Bertz CT molecular complexity index is 581. The lowest BCUT2D eigenvalue weighted by molar-refractivity contribution is -0.148. The van der Waals surface area contributed by atoms with E-state index < -0.39 is 18.0 Å². The van der Waals surface area contributed by atoms with E-state index in [1.807, 2.05) is 0 Å². The van der Waals surface area contributed by atoms with Gasteiger partial charge in [0, 0.05) is 18.2 Å². The summed E-state index contributed by atoms with van der Waals surface area (Å²) in [5.74, 6) is -2.87. The van der Waals surface area contributed by atoms with Crippen molar-refractivity contribution in [3.8, 4) is 0 Å². The molecule has 0 spiro atoms. The monoisotopic (exact) mass is 277 g/mol. The summed E-state index contributed by atoms with van der Waals surface area (Å²) in [6.45, 7) is 1.39. The van der Waals surface area contributed by atoms with Gasteiger partial charge in [0.05, 0.1) is 5.92 Å². The number of aliphatic carboxylic acids is 1. The van der Waals surface area contributed by atoms with Gasteiger partial charge in [0.1, 0.15) is 0 Å². The number of amides is 1. The van der Waals surface area contributed by atoms with Crippen molar-refractivity contribution in [2.24, 2.45) is 5.92 Å². The molecule has 6 heteroatoms. The quantitative estimate of drug-likeness (QED) is 0.759. The number of nitrogens with one attached hydrogen (secondary N) is 1. The van der Waals surface area contributed by atoms with E-state index >= 15 is 0 Å². The number of ketones is 1. The Hall–Kier alpha value is -2.21. The zero-order valence-electron chi connectivity index (χ0n) is 10.9. The number of rotatable bonds is 3. The molecule has 1 amide bonds. The van der Waals surface area contributed by atoms with Gasteiger partial charge in [-0.3, -0.25) is 9.59 Å². The Morgan fingerprint density at radius 1 is 1.40 bits per heavy atom. The van der Waals surface area contributed by atoms with Gasteiger partial charge in [0.15, 0.2) is 11.9 Å². The Labute approximate surface area is 115 Å². The van der Waals surface area contributed by atoms with E-state index in [1.54, 1.807) is 18.2 Å². The molecule has 0 aromatic heterocycles. The fourth-order valence-electron chi connectivity index (χ4n) is 2.44. The van der Waals surface area contributed by atoms with E-state index in [1.165, 1.54) is 6.92 Å². The Morgan fingerprint density at radius 3 is 2.70 bits per heavy atom. The number of carbonyl (C=O) groups is 3. The van der Waals surface area contributed by atoms with Crippen LogP contribution in [-0.2, 0) is 16.0 Å². The molecule has 20 heavy (non-hydrogen) atoms. The fraction of sp³-hybridized carbons (Fsp3) is 0.357. The van der Waals surface area contributed by atoms with Gasteiger partial charge in [-0.05, 0) is 36.6 Å². The Kier molecular flexibility index (Phi) is 3.85. The third-order valence-corrected chi connectivity index (χ3v) is 3.39. The first-order valence-electron chi connectivity index (χ1n) is 6.25. The summed E-state index contributed by atoms with van der Waals surface area (Å²) in [5, 5.41) is 21.0. The van der Waals surface area contributed by atoms with Crippen molar-refractivity contribution >= 4 is 23.3 Å². The second-order valence-electron chi connectivity index (χ2n) is 4.85. The van der Waals surface area contributed by atoms with Gasteiger partial charge in [-0.25, -0.2) is 4.79 Å². The van der Waals surface area contributed by atoms with Gasteiger partial charge in [-0.1, -0.05) is 0 Å². The molecule has 2 atom stereocenters. The van der Waals surface area contributed by atoms with Gasteiger partial charge in [0.2, 0.25) is 5.91 Å². The molecule has 106 valence electrons. The second-order valence-corrected chi connectivity index (χ2v) is 4.85. The molecule has 0 aliphatic heterocycles. The van der Waals surface area contributed by atoms with E-state index in [0.717, 1.165) is 5.56 Å². The maximum Gasteiger partial charge on any atom is 0.333 e. The van der Waals surface area contributed by atoms with Gasteiger partial charge < -0.3 is 15.5 Å². The molecule has 0 radical (unpaired) electrons. The zero-order chi connectivity index (χ0) is 14.9. The van der Waals surface area contributed by atoms with E-state index in [2.05, 4.69) is 5.32 Å². The highest BCUT2D eigenvalue weighted by Gasteiger charge is 2.36. The maximum atomic E-state index is 12.2. The highest BCUT2D eigenvalue weighted by atomic mass is 16.4. The predicted molar refractivity (Wildman–Crippen MR) is 70.5 cm³/mol. The lowest BCUT2D eigenvalue weighted by atomic mass is 9.79. The molecule has 1 aromatic rings. The summed E-state index contributed by atoms with van der Waals surface area (Å²) in [6, 6.07) is 4.86. The predicted octanol–water partition coefficient (Wildman–Crippen LogP) is 0.836. The number of aryl methyl sites for hydroxylation is 1. The molecule has 0 fully saturated rings. The minimum atomic E-state index is -1.68. The molecule has 1 aliphatic rings. The van der Waals surface area contributed by atoms with Crippen molar-refractivity contribution in [3.05, 3.63) is 29.3 Å². The number of hydrogen-bond donors (Lipinski definition) is 3. The average Bonchev–Trinajstić information content (AvgIpc) is 2.37. The molecule has 2 unspecified atom stereocenters. The topological polar surface area (TPSA) is 104 Å². The minimum Gasteiger partial charge on any atom is -0.479 e. The molecule has 1 aromatic carbocycles. The fourth-order valence-corrected chi connectivity index (χ4v) is 2.44. The van der Waals surface area contributed by atoms with Crippen LogP contribution in [0.3, 0.4) is 0 Å². The van der Waals surface area contributed by atoms with Crippen LogP contribution in [0.15, 0.2) is 18.2 Å². The number of benzene rings is 1. The number of aliphatic hydroxyl groups is 1. The Morgan fingerprint density at radius 2 is 2.10 bits per heavy atom. The normalized spacial score (nSPS) is 19.1. The summed E-state index contributed by atoms with van der Waals surface area (Å²) in [7, 11) is 0. The van der Waals surface area contributed by atoms with E-state index in [-0.39, 0.29) is 18.1 Å². The van der Waals surface area contributed by atoms with Gasteiger partial charge in [-0.2, -0.15) is 0 Å². The van der Waals surface area contributed by atoms with Gasteiger partial charge in [0.25, 0.3) is 0 Å². The van der Waals surface area contributed by atoms with Crippen LogP contribution in [0.2, 0.25) is 0 Å². The minimum absolute atomic E-state index is 0.203. The second kappa shape index (κ2) is 5.42. The summed E-state index contributed by atoms with van der Waals surface area (Å²) >= 11 is 0. The van der Waals surface area contributed by atoms with Crippen molar-refractivity contribution < 1.29 is 24.6 Å². The third kappa shape index (κ3) is 2.70. The van der Waals surface area contributed by atoms with Crippen molar-refractivity contribution in [1.29, 1.82) is 0 Å². The molecular weight excluding hydrogens is 262 g/mol. The highest BCUT2D eigenvalue weighted by Crippen LogP contribution is 2.29. The summed E-state index contributed by atoms with van der Waals surface area (Å²) in [4.78, 5) is 34.0. The van der Waals surface area contributed by atoms with Crippen LogP contribution in [0.25, 0.3) is 0 Å². The van der Waals surface area contributed by atoms with E-state index in [0.29, 0.717) is 17.7 Å². The number of Topliss-reactive ketones (excluding diaryl/α,β-unsaturated/α-hetero) is 1. The summed E-state index contributed by atoms with van der Waals surface area (Å²) < 4.78 is 0. The number of hydrogen-bond acceptors (Lipinski definition) is 4. The number of carboxylic acids is 1. The first-order valence-corrected chi connectivity index (χ1v) is 6.25. The average molecular weight is 277 g/mol. The van der Waals surface area contributed by atoms with Crippen molar-refractivity contribution in [2.45, 2.75) is 25.9 Å². The van der Waals surface area contributed by atoms with Crippen molar-refractivity contribution in [3.63, 3.8) is 0 Å². The van der Waals surface area contributed by atoms with Gasteiger partial charge >= 0.3 is 5.97 Å². The molecule has 0 bridgehead atoms.